The lowest BCUT2D eigenvalue weighted by Crippen LogP contribution is -2.30. The SMILES string of the molecule is Cc1cc(C(N)=S)ccc1CN1C(=O)CNC1=O. The van der Waals surface area contributed by atoms with E-state index >= 15 is 0 Å². The highest BCUT2D eigenvalue weighted by Gasteiger charge is 2.28. The molecule has 3 N–H and O–H groups in total. The smallest absolute Gasteiger partial charge is 0.324 e. The topological polar surface area (TPSA) is 75.4 Å². The molecule has 3 amide bonds. The maximum Gasteiger partial charge on any atom is 0.324 e. The Hall–Kier alpha value is -1.95. The molecule has 0 saturated carbocycles. The lowest BCUT2D eigenvalue weighted by atomic mass is 10.0. The molecule has 0 atom stereocenters. The second kappa shape index (κ2) is 4.73. The van der Waals surface area contributed by atoms with Crippen molar-refractivity contribution in [1.82, 2.24) is 10.2 Å². The monoisotopic (exact) mass is 263 g/mol. The van der Waals surface area contributed by atoms with Crippen LogP contribution in [0.5, 0.6) is 0 Å². The van der Waals surface area contributed by atoms with Crippen molar-refractivity contribution < 1.29 is 9.59 Å². The van der Waals surface area contributed by atoms with Crippen LogP contribution in [0, 0.1) is 6.92 Å². The average Bonchev–Trinajstić information content (AvgIpc) is 2.63. The summed E-state index contributed by atoms with van der Waals surface area (Å²) in [7, 11) is 0. The van der Waals surface area contributed by atoms with Crippen molar-refractivity contribution >= 4 is 29.1 Å². The Balaban J connectivity index is 2.22. The van der Waals surface area contributed by atoms with Gasteiger partial charge in [0.05, 0.1) is 13.1 Å². The van der Waals surface area contributed by atoms with Crippen LogP contribution in [0.15, 0.2) is 18.2 Å². The molecule has 0 bridgehead atoms. The molecule has 1 aromatic carbocycles. The molecule has 5 nitrogen and oxygen atoms in total. The molecule has 6 heteroatoms. The van der Waals surface area contributed by atoms with Crippen molar-refractivity contribution in [2.75, 3.05) is 6.54 Å². The molecule has 1 aromatic rings. The zero-order chi connectivity index (χ0) is 13.3. The lowest BCUT2D eigenvalue weighted by molar-refractivity contribution is -0.125. The number of thiocarbonyl (C=S) groups is 1. The summed E-state index contributed by atoms with van der Waals surface area (Å²) in [5.74, 6) is -0.210. The highest BCUT2D eigenvalue weighted by Crippen LogP contribution is 2.15. The predicted molar refractivity (Wildman–Crippen MR) is 71.0 cm³/mol. The lowest BCUT2D eigenvalue weighted by Gasteiger charge is -2.14. The van der Waals surface area contributed by atoms with Crippen LogP contribution in [0.4, 0.5) is 4.79 Å². The molecule has 0 aliphatic carbocycles. The van der Waals surface area contributed by atoms with Crippen LogP contribution in [-0.4, -0.2) is 28.4 Å². The number of aryl methyl sites for hydroxylation is 1. The third-order valence-corrected chi connectivity index (χ3v) is 3.13. The number of nitrogens with zero attached hydrogens (tertiary/aromatic N) is 1. The number of hydrogen-bond acceptors (Lipinski definition) is 3. The fourth-order valence-electron chi connectivity index (χ4n) is 1.81. The first-order chi connectivity index (χ1) is 8.49. The molecular weight excluding hydrogens is 250 g/mol. The van der Waals surface area contributed by atoms with Gasteiger partial charge in [-0.05, 0) is 24.1 Å². The minimum Gasteiger partial charge on any atom is -0.389 e. The molecule has 1 aliphatic rings. The van der Waals surface area contributed by atoms with Crippen LogP contribution in [0.25, 0.3) is 0 Å². The molecule has 1 heterocycles. The molecule has 1 saturated heterocycles. The van der Waals surface area contributed by atoms with E-state index < -0.39 is 0 Å². The van der Waals surface area contributed by atoms with E-state index in [0.717, 1.165) is 16.7 Å². The van der Waals surface area contributed by atoms with Gasteiger partial charge in [-0.2, -0.15) is 0 Å². The van der Waals surface area contributed by atoms with Gasteiger partial charge in [0.2, 0.25) is 5.91 Å². The van der Waals surface area contributed by atoms with E-state index in [-0.39, 0.29) is 25.0 Å². The van der Waals surface area contributed by atoms with Gasteiger partial charge >= 0.3 is 6.03 Å². The number of benzene rings is 1. The zero-order valence-corrected chi connectivity index (χ0v) is 10.7. The fourth-order valence-corrected chi connectivity index (χ4v) is 1.94. The Morgan fingerprint density at radius 3 is 2.72 bits per heavy atom. The molecule has 1 aliphatic heterocycles. The Bertz CT molecular complexity index is 526. The quantitative estimate of drug-likeness (QED) is 0.621. The van der Waals surface area contributed by atoms with Gasteiger partial charge in [-0.25, -0.2) is 4.79 Å². The number of hydrogen-bond donors (Lipinski definition) is 2. The van der Waals surface area contributed by atoms with Gasteiger partial charge in [0.15, 0.2) is 0 Å². The van der Waals surface area contributed by atoms with Crippen LogP contribution >= 0.6 is 12.2 Å². The van der Waals surface area contributed by atoms with Crippen molar-refractivity contribution in [3.63, 3.8) is 0 Å². The maximum atomic E-state index is 11.5. The van der Waals surface area contributed by atoms with E-state index in [0.29, 0.717) is 4.99 Å². The van der Waals surface area contributed by atoms with Crippen molar-refractivity contribution in [1.29, 1.82) is 0 Å². The Morgan fingerprint density at radius 2 is 2.22 bits per heavy atom. The highest BCUT2D eigenvalue weighted by atomic mass is 32.1. The van der Waals surface area contributed by atoms with Crippen LogP contribution in [0.3, 0.4) is 0 Å². The summed E-state index contributed by atoms with van der Waals surface area (Å²) < 4.78 is 0. The first-order valence-electron chi connectivity index (χ1n) is 5.46. The second-order valence-corrected chi connectivity index (χ2v) is 4.58. The molecule has 0 radical (unpaired) electrons. The predicted octanol–water partition coefficient (Wildman–Crippen LogP) is 0.681. The average molecular weight is 263 g/mol. The third kappa shape index (κ3) is 2.33. The number of carbonyl (C=O) groups is 2. The van der Waals surface area contributed by atoms with Crippen LogP contribution in [0.1, 0.15) is 16.7 Å². The van der Waals surface area contributed by atoms with E-state index in [1.807, 2.05) is 19.1 Å². The third-order valence-electron chi connectivity index (χ3n) is 2.89. The minimum atomic E-state index is -0.349. The summed E-state index contributed by atoms with van der Waals surface area (Å²) in [5.41, 5.74) is 8.18. The number of imide groups is 1. The van der Waals surface area contributed by atoms with E-state index in [1.165, 1.54) is 4.90 Å². The molecule has 0 spiro atoms. The van der Waals surface area contributed by atoms with Gasteiger partial charge in [-0.15, -0.1) is 0 Å². The summed E-state index contributed by atoms with van der Waals surface area (Å²) >= 11 is 4.90. The number of amides is 3. The Labute approximate surface area is 110 Å². The van der Waals surface area contributed by atoms with E-state index in [9.17, 15) is 9.59 Å². The molecule has 0 aromatic heterocycles. The van der Waals surface area contributed by atoms with Crippen LogP contribution < -0.4 is 11.1 Å². The molecular formula is C12H13N3O2S. The van der Waals surface area contributed by atoms with Gasteiger partial charge in [0.25, 0.3) is 0 Å². The number of nitrogens with two attached hydrogens (primary N) is 1. The molecule has 18 heavy (non-hydrogen) atoms. The fraction of sp³-hybridized carbons (Fsp3) is 0.250. The molecule has 2 rings (SSSR count). The first kappa shape index (κ1) is 12.5. The summed E-state index contributed by atoms with van der Waals surface area (Å²) in [4.78, 5) is 24.4. The molecule has 94 valence electrons. The summed E-state index contributed by atoms with van der Waals surface area (Å²) in [6.45, 7) is 2.24. The van der Waals surface area contributed by atoms with Crippen molar-refractivity contribution in [3.05, 3.63) is 34.9 Å². The van der Waals surface area contributed by atoms with E-state index in [4.69, 9.17) is 18.0 Å². The first-order valence-corrected chi connectivity index (χ1v) is 5.87. The molecule has 1 fully saturated rings. The Morgan fingerprint density at radius 1 is 1.50 bits per heavy atom. The van der Waals surface area contributed by atoms with Crippen molar-refractivity contribution in [2.24, 2.45) is 5.73 Å². The largest absolute Gasteiger partial charge is 0.389 e. The van der Waals surface area contributed by atoms with Gasteiger partial charge in [0, 0.05) is 5.56 Å². The van der Waals surface area contributed by atoms with Crippen LogP contribution in [-0.2, 0) is 11.3 Å². The normalized spacial score (nSPS) is 14.8. The summed E-state index contributed by atoms with van der Waals surface area (Å²) in [6, 6.07) is 5.14. The summed E-state index contributed by atoms with van der Waals surface area (Å²) in [6.07, 6.45) is 0. The van der Waals surface area contributed by atoms with Crippen molar-refractivity contribution in [3.8, 4) is 0 Å². The number of urea groups is 1. The highest BCUT2D eigenvalue weighted by molar-refractivity contribution is 7.80. The van der Waals surface area contributed by atoms with Gasteiger partial charge in [0.1, 0.15) is 4.99 Å². The minimum absolute atomic E-state index is 0.0723. The van der Waals surface area contributed by atoms with E-state index in [2.05, 4.69) is 5.32 Å². The van der Waals surface area contributed by atoms with Crippen molar-refractivity contribution in [2.45, 2.75) is 13.5 Å². The number of nitrogens with one attached hydrogen (secondary N) is 1. The number of rotatable bonds is 3. The van der Waals surface area contributed by atoms with E-state index in [1.54, 1.807) is 6.07 Å². The summed E-state index contributed by atoms with van der Waals surface area (Å²) in [5, 5.41) is 2.49. The second-order valence-electron chi connectivity index (χ2n) is 4.14. The van der Waals surface area contributed by atoms with Gasteiger partial charge in [-0.1, -0.05) is 24.4 Å². The van der Waals surface area contributed by atoms with Gasteiger partial charge in [-0.3, -0.25) is 9.69 Å². The van der Waals surface area contributed by atoms with Crippen LogP contribution in [0.2, 0.25) is 0 Å². The number of carbonyl (C=O) groups excluding carboxylic acids is 2. The van der Waals surface area contributed by atoms with Gasteiger partial charge < -0.3 is 11.1 Å². The zero-order valence-electron chi connectivity index (χ0n) is 9.90. The maximum absolute atomic E-state index is 11.5. The Kier molecular flexibility index (Phi) is 3.29. The molecule has 0 unspecified atom stereocenters. The standard InChI is InChI=1S/C12H13N3O2S/c1-7-4-8(11(13)18)2-3-9(7)6-15-10(16)5-14-12(15)17/h2-4H,5-6H2,1H3,(H2,13,18)(H,14,17).